The molecule has 1 aromatic rings. The van der Waals surface area contributed by atoms with Crippen LogP contribution in [0.25, 0.3) is 0 Å². The van der Waals surface area contributed by atoms with Gasteiger partial charge in [0.15, 0.2) is 0 Å². The number of allylic oxidation sites excluding steroid dienone is 3. The van der Waals surface area contributed by atoms with Crippen LogP contribution in [-0.4, -0.2) is 57.9 Å². The smallest absolute Gasteiger partial charge is 0.270 e. The number of carbonyl (C=O) groups is 2. The predicted molar refractivity (Wildman–Crippen MR) is 102 cm³/mol. The molecule has 1 aromatic heterocycles. The van der Waals surface area contributed by atoms with E-state index in [0.717, 1.165) is 31.5 Å². The number of rotatable bonds is 4. The summed E-state index contributed by atoms with van der Waals surface area (Å²) in [6.07, 6.45) is 5.59. The standard InChI is InChI=1S/C18H25N7O2/c1-12(7-13(2)22-15-8-14(19)20-10-21-15)16-17(27)23-18(25(16)11-26)5-4-6-24(3)9-18/h7-8,10-11H,4-6,9H2,1-3H3,(H,23,27)(H3,19,20,21,22)/b13-7+,16-12-. The van der Waals surface area contributed by atoms with Crippen LogP contribution in [0.15, 0.2) is 35.4 Å². The minimum Gasteiger partial charge on any atom is -0.384 e. The molecule has 1 unspecified atom stereocenters. The number of nitrogens with zero attached hydrogens (tertiary/aromatic N) is 4. The van der Waals surface area contributed by atoms with E-state index in [9.17, 15) is 9.59 Å². The molecule has 0 radical (unpaired) electrons. The number of carbonyl (C=O) groups excluding carboxylic acids is 2. The van der Waals surface area contributed by atoms with Gasteiger partial charge in [0.05, 0.1) is 0 Å². The van der Waals surface area contributed by atoms with Crippen LogP contribution in [0.1, 0.15) is 26.7 Å². The zero-order chi connectivity index (χ0) is 19.6. The zero-order valence-electron chi connectivity index (χ0n) is 15.8. The summed E-state index contributed by atoms with van der Waals surface area (Å²) in [5, 5.41) is 6.14. The van der Waals surface area contributed by atoms with E-state index in [1.54, 1.807) is 11.0 Å². The minimum absolute atomic E-state index is 0.231. The van der Waals surface area contributed by atoms with Gasteiger partial charge in [-0.05, 0) is 51.9 Å². The van der Waals surface area contributed by atoms with Crippen molar-refractivity contribution in [2.24, 2.45) is 0 Å². The quantitative estimate of drug-likeness (QED) is 0.526. The first kappa shape index (κ1) is 18.8. The van der Waals surface area contributed by atoms with Gasteiger partial charge in [-0.2, -0.15) is 0 Å². The third kappa shape index (κ3) is 3.77. The molecule has 9 nitrogen and oxygen atoms in total. The maximum atomic E-state index is 12.7. The minimum atomic E-state index is -0.668. The summed E-state index contributed by atoms with van der Waals surface area (Å²) >= 11 is 0. The molecule has 27 heavy (non-hydrogen) atoms. The number of nitrogens with two attached hydrogens (primary N) is 1. The molecule has 0 aliphatic carbocycles. The second-order valence-corrected chi connectivity index (χ2v) is 7.11. The van der Waals surface area contributed by atoms with E-state index in [-0.39, 0.29) is 5.91 Å². The van der Waals surface area contributed by atoms with Crippen LogP contribution in [0.3, 0.4) is 0 Å². The molecule has 3 rings (SSSR count). The molecular weight excluding hydrogens is 346 g/mol. The van der Waals surface area contributed by atoms with Gasteiger partial charge in [-0.25, -0.2) is 9.97 Å². The number of piperidine rings is 1. The highest BCUT2D eigenvalue weighted by Gasteiger charge is 2.49. The first-order valence-corrected chi connectivity index (χ1v) is 8.84. The fourth-order valence-corrected chi connectivity index (χ4v) is 3.79. The SMILES string of the molecule is CC(/C=C(\C)Nc1cc(N)ncn1)=C1\C(=O)NC2(CCCN(C)C2)N1C=O. The molecule has 0 saturated carbocycles. The van der Waals surface area contributed by atoms with Gasteiger partial charge < -0.3 is 21.3 Å². The molecule has 2 aliphatic heterocycles. The highest BCUT2D eigenvalue weighted by atomic mass is 16.2. The second-order valence-electron chi connectivity index (χ2n) is 7.11. The lowest BCUT2D eigenvalue weighted by atomic mass is 9.98. The number of anilines is 2. The van der Waals surface area contributed by atoms with Crippen molar-refractivity contribution < 1.29 is 9.59 Å². The fourth-order valence-electron chi connectivity index (χ4n) is 3.79. The Morgan fingerprint density at radius 3 is 2.85 bits per heavy atom. The van der Waals surface area contributed by atoms with E-state index in [0.29, 0.717) is 29.5 Å². The van der Waals surface area contributed by atoms with Crippen LogP contribution >= 0.6 is 0 Å². The molecular formula is C18H25N7O2. The normalized spacial score (nSPS) is 25.5. The summed E-state index contributed by atoms with van der Waals surface area (Å²) in [5.41, 5.74) is 6.82. The van der Waals surface area contributed by atoms with Crippen molar-refractivity contribution in [2.75, 3.05) is 31.2 Å². The molecule has 1 atom stereocenters. The van der Waals surface area contributed by atoms with Crippen molar-refractivity contribution in [3.8, 4) is 0 Å². The van der Waals surface area contributed by atoms with Crippen LogP contribution in [0.5, 0.6) is 0 Å². The average molecular weight is 371 g/mol. The summed E-state index contributed by atoms with van der Waals surface area (Å²) in [5.74, 6) is 0.689. The number of aromatic nitrogens is 2. The Bertz CT molecular complexity index is 820. The van der Waals surface area contributed by atoms with Crippen LogP contribution in [0.2, 0.25) is 0 Å². The van der Waals surface area contributed by atoms with Crippen molar-refractivity contribution in [3.05, 3.63) is 35.4 Å². The van der Waals surface area contributed by atoms with Gasteiger partial charge in [-0.1, -0.05) is 0 Å². The molecule has 2 saturated heterocycles. The van der Waals surface area contributed by atoms with Crippen molar-refractivity contribution in [3.63, 3.8) is 0 Å². The first-order chi connectivity index (χ1) is 12.8. The lowest BCUT2D eigenvalue weighted by Crippen LogP contribution is -2.60. The van der Waals surface area contributed by atoms with Crippen LogP contribution in [-0.2, 0) is 9.59 Å². The molecule has 0 aromatic carbocycles. The number of hydrogen-bond donors (Lipinski definition) is 3. The van der Waals surface area contributed by atoms with Gasteiger partial charge >= 0.3 is 0 Å². The van der Waals surface area contributed by atoms with Gasteiger partial charge in [-0.15, -0.1) is 0 Å². The zero-order valence-corrected chi connectivity index (χ0v) is 15.8. The monoisotopic (exact) mass is 371 g/mol. The molecule has 3 heterocycles. The van der Waals surface area contributed by atoms with E-state index in [1.807, 2.05) is 27.0 Å². The van der Waals surface area contributed by atoms with Crippen molar-refractivity contribution in [2.45, 2.75) is 32.4 Å². The topological polar surface area (TPSA) is 116 Å². The first-order valence-electron chi connectivity index (χ1n) is 8.84. The molecule has 144 valence electrons. The summed E-state index contributed by atoms with van der Waals surface area (Å²) in [6.45, 7) is 5.23. The maximum Gasteiger partial charge on any atom is 0.270 e. The van der Waals surface area contributed by atoms with Crippen molar-refractivity contribution in [1.29, 1.82) is 0 Å². The average Bonchev–Trinajstić information content (AvgIpc) is 2.85. The Labute approximate surface area is 158 Å². The largest absolute Gasteiger partial charge is 0.384 e. The maximum absolute atomic E-state index is 12.7. The van der Waals surface area contributed by atoms with Gasteiger partial charge in [0.2, 0.25) is 6.41 Å². The fraction of sp³-hybridized carbons (Fsp3) is 0.444. The Morgan fingerprint density at radius 2 is 2.19 bits per heavy atom. The van der Waals surface area contributed by atoms with E-state index in [1.165, 1.54) is 6.33 Å². The highest BCUT2D eigenvalue weighted by molar-refractivity contribution is 5.99. The van der Waals surface area contributed by atoms with E-state index in [4.69, 9.17) is 5.73 Å². The molecule has 4 N–H and O–H groups in total. The third-order valence-corrected chi connectivity index (χ3v) is 4.85. The Morgan fingerprint density at radius 1 is 1.41 bits per heavy atom. The highest BCUT2D eigenvalue weighted by Crippen LogP contribution is 2.33. The molecule has 2 aliphatic rings. The number of amides is 2. The number of likely N-dealkylation sites (N-methyl/N-ethyl adjacent to an activating group) is 1. The molecule has 2 fully saturated rings. The van der Waals surface area contributed by atoms with Crippen LogP contribution in [0, 0.1) is 0 Å². The van der Waals surface area contributed by atoms with Gasteiger partial charge in [0.1, 0.15) is 29.3 Å². The van der Waals surface area contributed by atoms with Gasteiger partial charge in [0.25, 0.3) is 5.91 Å². The number of nitrogen functional groups attached to an aromatic ring is 1. The van der Waals surface area contributed by atoms with Crippen LogP contribution < -0.4 is 16.4 Å². The van der Waals surface area contributed by atoms with E-state index in [2.05, 4.69) is 25.5 Å². The van der Waals surface area contributed by atoms with E-state index < -0.39 is 5.66 Å². The Hall–Kier alpha value is -2.94. The summed E-state index contributed by atoms with van der Waals surface area (Å²) in [7, 11) is 1.99. The van der Waals surface area contributed by atoms with Gasteiger partial charge in [0, 0.05) is 18.3 Å². The summed E-state index contributed by atoms with van der Waals surface area (Å²) < 4.78 is 0. The van der Waals surface area contributed by atoms with Crippen molar-refractivity contribution in [1.82, 2.24) is 25.1 Å². The van der Waals surface area contributed by atoms with Crippen molar-refractivity contribution >= 4 is 24.0 Å². The molecule has 2 amide bonds. The van der Waals surface area contributed by atoms with E-state index >= 15 is 0 Å². The molecule has 9 heteroatoms. The number of likely N-dealkylation sites (tertiary alicyclic amines) is 1. The summed E-state index contributed by atoms with van der Waals surface area (Å²) in [4.78, 5) is 36.2. The lowest BCUT2D eigenvalue weighted by molar-refractivity contribution is -0.122. The molecule has 0 bridgehead atoms. The summed E-state index contributed by atoms with van der Waals surface area (Å²) in [6, 6.07) is 1.62. The predicted octanol–water partition coefficient (Wildman–Crippen LogP) is 0.659. The molecule has 1 spiro atoms. The van der Waals surface area contributed by atoms with Crippen LogP contribution in [0.4, 0.5) is 11.6 Å². The number of hydrogen-bond acceptors (Lipinski definition) is 7. The third-order valence-electron chi connectivity index (χ3n) is 4.85. The Kier molecular flexibility index (Phi) is 5.13. The Balaban J connectivity index is 1.88. The van der Waals surface area contributed by atoms with Gasteiger partial charge in [-0.3, -0.25) is 14.5 Å². The second kappa shape index (κ2) is 7.36. The lowest BCUT2D eigenvalue weighted by Gasteiger charge is -2.42. The number of nitrogens with one attached hydrogen (secondary N) is 2.